The number of benzene rings is 2. The van der Waals surface area contributed by atoms with Gasteiger partial charge in [0.1, 0.15) is 29.0 Å². The van der Waals surface area contributed by atoms with E-state index in [-0.39, 0.29) is 12.4 Å². The number of hydrogen-bond acceptors (Lipinski definition) is 4. The first-order chi connectivity index (χ1) is 12.1. The van der Waals surface area contributed by atoms with Crippen LogP contribution in [0.2, 0.25) is 0 Å². The molecule has 2 aromatic rings. The highest BCUT2D eigenvalue weighted by atomic mass is 19.1. The summed E-state index contributed by atoms with van der Waals surface area (Å²) in [5.74, 6) is -2.98. The Balaban J connectivity index is 2.51. The van der Waals surface area contributed by atoms with E-state index in [4.69, 9.17) is 20.0 Å². The van der Waals surface area contributed by atoms with E-state index in [1.807, 2.05) is 6.92 Å². The zero-order valence-electron chi connectivity index (χ0n) is 13.7. The van der Waals surface area contributed by atoms with Gasteiger partial charge in [-0.15, -0.1) is 0 Å². The molecule has 0 unspecified atom stereocenters. The number of ether oxygens (including phenoxy) is 2. The van der Waals surface area contributed by atoms with E-state index < -0.39 is 34.3 Å². The van der Waals surface area contributed by atoms with E-state index in [1.165, 1.54) is 12.1 Å². The van der Waals surface area contributed by atoms with E-state index >= 15 is 0 Å². The molecule has 2 aromatic carbocycles. The molecule has 0 radical (unpaired) electrons. The lowest BCUT2D eigenvalue weighted by atomic mass is 10.1. The van der Waals surface area contributed by atoms with Gasteiger partial charge >= 0.3 is 0 Å². The molecule has 4 nitrogen and oxygen atoms in total. The van der Waals surface area contributed by atoms with Gasteiger partial charge in [-0.25, -0.2) is 8.78 Å². The minimum atomic E-state index is -1.12. The van der Waals surface area contributed by atoms with Crippen LogP contribution < -0.4 is 9.47 Å². The van der Waals surface area contributed by atoms with Crippen LogP contribution in [-0.2, 0) is 0 Å². The number of nitrogens with zero attached hydrogens (tertiary/aromatic N) is 2. The van der Waals surface area contributed by atoms with Crippen LogP contribution in [0.15, 0.2) is 30.3 Å². The van der Waals surface area contributed by atoms with Gasteiger partial charge in [0.2, 0.25) is 11.5 Å². The fourth-order valence-electron chi connectivity index (χ4n) is 2.21. The van der Waals surface area contributed by atoms with Crippen LogP contribution in [0.1, 0.15) is 37.3 Å². The normalized spacial score (nSPS) is 9.96. The lowest BCUT2D eigenvalue weighted by molar-refractivity contribution is 0.272. The lowest BCUT2D eigenvalue weighted by Crippen LogP contribution is -2.07. The number of hydrogen-bond donors (Lipinski definition) is 0. The Bertz CT molecular complexity index is 824. The third-order valence-electron chi connectivity index (χ3n) is 3.47. The highest BCUT2D eigenvalue weighted by Gasteiger charge is 2.28. The van der Waals surface area contributed by atoms with Gasteiger partial charge in [-0.2, -0.15) is 10.5 Å². The number of nitriles is 2. The van der Waals surface area contributed by atoms with Crippen molar-refractivity contribution in [2.45, 2.75) is 26.2 Å². The monoisotopic (exact) mass is 342 g/mol. The van der Waals surface area contributed by atoms with Crippen molar-refractivity contribution < 1.29 is 18.3 Å². The van der Waals surface area contributed by atoms with Gasteiger partial charge < -0.3 is 9.47 Å². The predicted octanol–water partition coefficient (Wildman–Crippen LogP) is 5.07. The summed E-state index contributed by atoms with van der Waals surface area (Å²) in [4.78, 5) is 0. The summed E-state index contributed by atoms with van der Waals surface area (Å²) in [6, 6.07) is 11.2. The van der Waals surface area contributed by atoms with Crippen LogP contribution >= 0.6 is 0 Å². The first-order valence-corrected chi connectivity index (χ1v) is 7.84. The molecule has 0 aromatic heterocycles. The van der Waals surface area contributed by atoms with Crippen molar-refractivity contribution in [3.05, 3.63) is 53.1 Å². The molecule has 0 aliphatic carbocycles. The molecule has 0 saturated heterocycles. The molecule has 0 atom stereocenters. The van der Waals surface area contributed by atoms with Gasteiger partial charge in [0.25, 0.3) is 0 Å². The average molecular weight is 342 g/mol. The molecule has 0 saturated carbocycles. The second-order valence-electron chi connectivity index (χ2n) is 5.23. The molecule has 6 heteroatoms. The van der Waals surface area contributed by atoms with Gasteiger partial charge in [-0.05, 0) is 18.6 Å². The molecule has 0 fully saturated rings. The van der Waals surface area contributed by atoms with Crippen molar-refractivity contribution in [2.75, 3.05) is 6.61 Å². The molecule has 0 aliphatic rings. The van der Waals surface area contributed by atoms with Crippen molar-refractivity contribution in [1.29, 1.82) is 10.5 Å². The summed E-state index contributed by atoms with van der Waals surface area (Å²) in [6.07, 6.45) is 2.44. The van der Waals surface area contributed by atoms with Crippen molar-refractivity contribution in [3.63, 3.8) is 0 Å². The Morgan fingerprint density at radius 3 is 2.08 bits per heavy atom. The molecule has 0 bridgehead atoms. The topological polar surface area (TPSA) is 66.0 Å². The van der Waals surface area contributed by atoms with Gasteiger partial charge in [-0.1, -0.05) is 38.0 Å². The van der Waals surface area contributed by atoms with Crippen LogP contribution in [0.4, 0.5) is 8.78 Å². The average Bonchev–Trinajstić information content (AvgIpc) is 2.64. The third kappa shape index (κ3) is 4.05. The molecule has 0 aliphatic heterocycles. The maximum absolute atomic E-state index is 14.7. The number of halogens is 2. The van der Waals surface area contributed by atoms with E-state index in [1.54, 1.807) is 30.3 Å². The second-order valence-corrected chi connectivity index (χ2v) is 5.23. The van der Waals surface area contributed by atoms with Crippen LogP contribution in [-0.4, -0.2) is 6.61 Å². The Morgan fingerprint density at radius 1 is 0.920 bits per heavy atom. The van der Waals surface area contributed by atoms with Gasteiger partial charge in [0.15, 0.2) is 11.6 Å². The van der Waals surface area contributed by atoms with E-state index in [0.717, 1.165) is 12.8 Å². The van der Waals surface area contributed by atoms with Gasteiger partial charge in [0.05, 0.1) is 6.61 Å². The fourth-order valence-corrected chi connectivity index (χ4v) is 2.21. The first-order valence-electron chi connectivity index (χ1n) is 7.84. The first kappa shape index (κ1) is 18.2. The molecule has 2 rings (SSSR count). The molecule has 0 amide bonds. The molecule has 0 N–H and O–H groups in total. The Labute approximate surface area is 144 Å². The zero-order valence-corrected chi connectivity index (χ0v) is 13.7. The Hall–Kier alpha value is -3.12. The summed E-state index contributed by atoms with van der Waals surface area (Å²) in [5, 5.41) is 18.1. The van der Waals surface area contributed by atoms with Crippen molar-refractivity contribution >= 4 is 0 Å². The van der Waals surface area contributed by atoms with E-state index in [2.05, 4.69) is 0 Å². The van der Waals surface area contributed by atoms with Gasteiger partial charge in [-0.3, -0.25) is 0 Å². The van der Waals surface area contributed by atoms with Crippen molar-refractivity contribution in [2.24, 2.45) is 0 Å². The molecule has 128 valence electrons. The quantitative estimate of drug-likeness (QED) is 0.659. The van der Waals surface area contributed by atoms with Crippen LogP contribution in [0.3, 0.4) is 0 Å². The molecule has 25 heavy (non-hydrogen) atoms. The van der Waals surface area contributed by atoms with E-state index in [0.29, 0.717) is 6.42 Å². The van der Waals surface area contributed by atoms with Crippen molar-refractivity contribution in [1.82, 2.24) is 0 Å². The van der Waals surface area contributed by atoms with Crippen LogP contribution in [0.25, 0.3) is 0 Å². The Kier molecular flexibility index (Phi) is 6.31. The zero-order chi connectivity index (χ0) is 18.2. The number of rotatable bonds is 7. The summed E-state index contributed by atoms with van der Waals surface area (Å²) < 4.78 is 40.1. The highest BCUT2D eigenvalue weighted by molar-refractivity contribution is 5.59. The smallest absolute Gasteiger partial charge is 0.209 e. The lowest BCUT2D eigenvalue weighted by Gasteiger charge is -2.16. The number of unbranched alkanes of at least 4 members (excludes halogenated alkanes) is 2. The standard InChI is InChI=1S/C19H16F2N2O2/c1-2-3-7-10-24-18-16(20)14(11-22)15(12-23)17(21)19(18)25-13-8-5-4-6-9-13/h4-6,8-9H,2-3,7,10H2,1H3. The molecular formula is C19H16F2N2O2. The second kappa shape index (κ2) is 8.65. The summed E-state index contributed by atoms with van der Waals surface area (Å²) in [7, 11) is 0. The molecule has 0 heterocycles. The third-order valence-corrected chi connectivity index (χ3v) is 3.47. The Morgan fingerprint density at radius 2 is 1.52 bits per heavy atom. The summed E-state index contributed by atoms with van der Waals surface area (Å²) in [6.45, 7) is 2.14. The summed E-state index contributed by atoms with van der Waals surface area (Å²) in [5.41, 5.74) is -1.39. The number of para-hydroxylation sites is 1. The maximum atomic E-state index is 14.7. The highest BCUT2D eigenvalue weighted by Crippen LogP contribution is 2.40. The van der Waals surface area contributed by atoms with Gasteiger partial charge in [0, 0.05) is 0 Å². The summed E-state index contributed by atoms with van der Waals surface area (Å²) >= 11 is 0. The predicted molar refractivity (Wildman–Crippen MR) is 87.3 cm³/mol. The maximum Gasteiger partial charge on any atom is 0.209 e. The molecular weight excluding hydrogens is 326 g/mol. The van der Waals surface area contributed by atoms with Crippen LogP contribution in [0.5, 0.6) is 17.2 Å². The van der Waals surface area contributed by atoms with E-state index in [9.17, 15) is 8.78 Å². The molecule has 0 spiro atoms. The van der Waals surface area contributed by atoms with Crippen LogP contribution in [0, 0.1) is 34.3 Å². The minimum absolute atomic E-state index is 0.145. The SMILES string of the molecule is CCCCCOc1c(F)c(C#N)c(C#N)c(F)c1Oc1ccccc1. The fraction of sp³-hybridized carbons (Fsp3) is 0.263. The largest absolute Gasteiger partial charge is 0.487 e. The minimum Gasteiger partial charge on any atom is -0.487 e. The van der Waals surface area contributed by atoms with Crippen molar-refractivity contribution in [3.8, 4) is 29.4 Å².